The van der Waals surface area contributed by atoms with Crippen LogP contribution in [0.25, 0.3) is 0 Å². The molecule has 3 nitrogen and oxygen atoms in total. The van der Waals surface area contributed by atoms with Crippen molar-refractivity contribution in [2.75, 3.05) is 27.1 Å². The molecule has 1 aromatic rings. The first-order valence-electron chi connectivity index (χ1n) is 6.26. The highest BCUT2D eigenvalue weighted by atomic mass is 79.9. The Labute approximate surface area is 136 Å². The van der Waals surface area contributed by atoms with Crippen molar-refractivity contribution in [2.24, 2.45) is 0 Å². The molecule has 6 heteroatoms. The summed E-state index contributed by atoms with van der Waals surface area (Å²) in [6.45, 7) is 2.80. The van der Waals surface area contributed by atoms with Crippen LogP contribution in [0.5, 0.6) is 0 Å². The third kappa shape index (κ3) is 6.18. The highest BCUT2D eigenvalue weighted by Crippen LogP contribution is 2.40. The lowest BCUT2D eigenvalue weighted by atomic mass is 9.96. The van der Waals surface area contributed by atoms with Crippen molar-refractivity contribution < 1.29 is 18.6 Å². The first kappa shape index (κ1) is 18.0. The SMILES string of the molecule is COCCOCO[C@@H]([C@H](C)c1ccccc1)C(F)(Br)Br. The number of halogens is 3. The number of ether oxygens (including phenoxy) is 3. The average molecular weight is 414 g/mol. The zero-order valence-corrected chi connectivity index (χ0v) is 14.7. The molecular weight excluding hydrogens is 395 g/mol. The van der Waals surface area contributed by atoms with Gasteiger partial charge in [-0.05, 0) is 37.4 Å². The van der Waals surface area contributed by atoms with Crippen molar-refractivity contribution in [2.45, 2.75) is 22.4 Å². The number of hydrogen-bond acceptors (Lipinski definition) is 3. The second kappa shape index (κ2) is 9.10. The third-order valence-corrected chi connectivity index (χ3v) is 3.77. The van der Waals surface area contributed by atoms with E-state index in [9.17, 15) is 4.39 Å². The predicted molar refractivity (Wildman–Crippen MR) is 84.1 cm³/mol. The average Bonchev–Trinajstić information content (AvgIpc) is 2.42. The van der Waals surface area contributed by atoms with E-state index in [1.165, 1.54) is 0 Å². The molecule has 0 fully saturated rings. The van der Waals surface area contributed by atoms with E-state index < -0.39 is 9.59 Å². The van der Waals surface area contributed by atoms with E-state index in [0.717, 1.165) is 5.56 Å². The molecule has 0 N–H and O–H groups in total. The quantitative estimate of drug-likeness (QED) is 0.345. The molecule has 0 amide bonds. The lowest BCUT2D eigenvalue weighted by molar-refractivity contribution is -0.114. The summed E-state index contributed by atoms with van der Waals surface area (Å²) < 4.78 is 28.0. The minimum absolute atomic E-state index is 0.00801. The largest absolute Gasteiger partial charge is 0.382 e. The van der Waals surface area contributed by atoms with Crippen LogP contribution in [0.2, 0.25) is 0 Å². The molecule has 1 rings (SSSR count). The second-order valence-corrected chi connectivity index (χ2v) is 7.72. The fourth-order valence-corrected chi connectivity index (χ4v) is 2.83. The molecule has 0 unspecified atom stereocenters. The Kier molecular flexibility index (Phi) is 8.21. The Morgan fingerprint density at radius 1 is 1.20 bits per heavy atom. The van der Waals surface area contributed by atoms with Gasteiger partial charge in [-0.15, -0.1) is 0 Å². The summed E-state index contributed by atoms with van der Waals surface area (Å²) in [6, 6.07) is 9.64. The third-order valence-electron chi connectivity index (χ3n) is 2.86. The highest BCUT2D eigenvalue weighted by molar-refractivity contribution is 9.25. The maximum Gasteiger partial charge on any atom is 0.245 e. The summed E-state index contributed by atoms with van der Waals surface area (Å²) in [7, 11) is 1.59. The Bertz CT molecular complexity index is 370. The van der Waals surface area contributed by atoms with E-state index in [1.807, 2.05) is 37.3 Å². The molecule has 114 valence electrons. The molecule has 0 spiro atoms. The zero-order chi connectivity index (χ0) is 15.0. The van der Waals surface area contributed by atoms with Gasteiger partial charge in [-0.1, -0.05) is 37.3 Å². The number of rotatable bonds is 9. The van der Waals surface area contributed by atoms with Crippen molar-refractivity contribution in [3.63, 3.8) is 0 Å². The minimum Gasteiger partial charge on any atom is -0.382 e. The van der Waals surface area contributed by atoms with E-state index in [-0.39, 0.29) is 12.7 Å². The second-order valence-electron chi connectivity index (χ2n) is 4.35. The lowest BCUT2D eigenvalue weighted by Crippen LogP contribution is -2.34. The van der Waals surface area contributed by atoms with Crippen LogP contribution in [0.15, 0.2) is 30.3 Å². The van der Waals surface area contributed by atoms with Crippen LogP contribution in [-0.4, -0.2) is 36.7 Å². The molecule has 0 bridgehead atoms. The molecule has 0 aliphatic rings. The summed E-state index contributed by atoms with van der Waals surface area (Å²) in [5, 5.41) is 0. The number of benzene rings is 1. The number of methoxy groups -OCH3 is 1. The predicted octanol–water partition coefficient (Wildman–Crippen LogP) is 4.21. The standard InChI is InChI=1S/C14H19Br2FO3/c1-11(12-6-4-3-5-7-12)13(14(15,16)17)20-10-19-9-8-18-2/h3-7,11,13H,8-10H2,1-2H3/t11-,13+/m1/s1. The normalized spacial score (nSPS) is 15.1. The smallest absolute Gasteiger partial charge is 0.245 e. The highest BCUT2D eigenvalue weighted by Gasteiger charge is 2.39. The Morgan fingerprint density at radius 2 is 1.85 bits per heavy atom. The molecule has 1 aromatic carbocycles. The van der Waals surface area contributed by atoms with Gasteiger partial charge in [-0.25, -0.2) is 4.39 Å². The zero-order valence-electron chi connectivity index (χ0n) is 11.5. The van der Waals surface area contributed by atoms with Gasteiger partial charge in [0, 0.05) is 13.0 Å². The maximum atomic E-state index is 14.2. The van der Waals surface area contributed by atoms with E-state index >= 15 is 0 Å². The van der Waals surface area contributed by atoms with Crippen LogP contribution in [0.4, 0.5) is 4.39 Å². The van der Waals surface area contributed by atoms with Crippen LogP contribution in [0, 0.1) is 0 Å². The fraction of sp³-hybridized carbons (Fsp3) is 0.571. The van der Waals surface area contributed by atoms with Crippen LogP contribution in [-0.2, 0) is 14.2 Å². The van der Waals surface area contributed by atoms with E-state index in [0.29, 0.717) is 13.2 Å². The van der Waals surface area contributed by atoms with Gasteiger partial charge in [0.2, 0.25) is 3.49 Å². The topological polar surface area (TPSA) is 27.7 Å². The van der Waals surface area contributed by atoms with Crippen molar-refractivity contribution in [3.8, 4) is 0 Å². The van der Waals surface area contributed by atoms with Gasteiger partial charge in [0.1, 0.15) is 12.9 Å². The van der Waals surface area contributed by atoms with E-state index in [4.69, 9.17) is 14.2 Å². The van der Waals surface area contributed by atoms with E-state index in [2.05, 4.69) is 31.9 Å². The van der Waals surface area contributed by atoms with E-state index in [1.54, 1.807) is 7.11 Å². The summed E-state index contributed by atoms with van der Waals surface area (Å²) in [5.74, 6) is -0.147. The molecule has 0 heterocycles. The molecule has 0 aliphatic carbocycles. The van der Waals surface area contributed by atoms with Crippen molar-refractivity contribution in [1.29, 1.82) is 0 Å². The van der Waals surface area contributed by atoms with Gasteiger partial charge in [0.25, 0.3) is 0 Å². The summed E-state index contributed by atoms with van der Waals surface area (Å²) in [6.07, 6.45) is -0.729. The number of hydrogen-bond donors (Lipinski definition) is 0. The monoisotopic (exact) mass is 412 g/mol. The van der Waals surface area contributed by atoms with Crippen molar-refractivity contribution in [3.05, 3.63) is 35.9 Å². The fourth-order valence-electron chi connectivity index (χ4n) is 1.78. The van der Waals surface area contributed by atoms with Gasteiger partial charge in [-0.2, -0.15) is 0 Å². The van der Waals surface area contributed by atoms with Crippen LogP contribution in [0.1, 0.15) is 18.4 Å². The Hall–Kier alpha value is -0.0100. The van der Waals surface area contributed by atoms with Gasteiger partial charge in [-0.3, -0.25) is 0 Å². The molecule has 2 atom stereocenters. The van der Waals surface area contributed by atoms with Gasteiger partial charge in [0.05, 0.1) is 13.2 Å². The number of alkyl halides is 3. The minimum atomic E-state index is -1.82. The maximum absolute atomic E-state index is 14.2. The first-order valence-corrected chi connectivity index (χ1v) is 7.85. The van der Waals surface area contributed by atoms with Gasteiger partial charge < -0.3 is 14.2 Å². The summed E-state index contributed by atoms with van der Waals surface area (Å²) >= 11 is 5.94. The first-order chi connectivity index (χ1) is 9.46. The van der Waals surface area contributed by atoms with Crippen LogP contribution < -0.4 is 0 Å². The molecular formula is C14H19Br2FO3. The Morgan fingerprint density at radius 3 is 2.40 bits per heavy atom. The molecule has 20 heavy (non-hydrogen) atoms. The van der Waals surface area contributed by atoms with Gasteiger partial charge in [0.15, 0.2) is 0 Å². The molecule has 0 saturated carbocycles. The van der Waals surface area contributed by atoms with Crippen molar-refractivity contribution >= 4 is 31.9 Å². The molecule has 0 saturated heterocycles. The van der Waals surface area contributed by atoms with Crippen LogP contribution >= 0.6 is 31.9 Å². The molecule has 0 aromatic heterocycles. The van der Waals surface area contributed by atoms with Crippen LogP contribution in [0.3, 0.4) is 0 Å². The van der Waals surface area contributed by atoms with Gasteiger partial charge >= 0.3 is 0 Å². The van der Waals surface area contributed by atoms with Crippen molar-refractivity contribution in [1.82, 2.24) is 0 Å². The Balaban J connectivity index is 2.61. The summed E-state index contributed by atoms with van der Waals surface area (Å²) in [4.78, 5) is 0. The lowest BCUT2D eigenvalue weighted by Gasteiger charge is -2.29. The summed E-state index contributed by atoms with van der Waals surface area (Å²) in [5.41, 5.74) is 0.996. The molecule has 0 radical (unpaired) electrons. The molecule has 0 aliphatic heterocycles.